The molecule has 0 aliphatic rings. The molecule has 4 aromatic rings. The van der Waals surface area contributed by atoms with E-state index in [1.165, 1.54) is 12.1 Å². The third kappa shape index (κ3) is 4.05. The zero-order chi connectivity index (χ0) is 23.0. The van der Waals surface area contributed by atoms with Crippen LogP contribution in [-0.4, -0.2) is 30.6 Å². The first-order chi connectivity index (χ1) is 15.2. The van der Waals surface area contributed by atoms with Gasteiger partial charge in [-0.1, -0.05) is 17.7 Å². The summed E-state index contributed by atoms with van der Waals surface area (Å²) in [4.78, 5) is 23.5. The molecular weight excluding hydrogens is 445 g/mol. The summed E-state index contributed by atoms with van der Waals surface area (Å²) in [5.74, 6) is -6.45. The van der Waals surface area contributed by atoms with Crippen LogP contribution in [0.5, 0.6) is 0 Å². The molecule has 2 aromatic carbocycles. The summed E-state index contributed by atoms with van der Waals surface area (Å²) in [6.07, 6.45) is 0. The van der Waals surface area contributed by atoms with Crippen LogP contribution in [0, 0.1) is 12.7 Å². The van der Waals surface area contributed by atoms with E-state index in [0.717, 1.165) is 27.6 Å². The monoisotopic (exact) mass is 462 g/mol. The second-order valence-corrected chi connectivity index (χ2v) is 7.54. The van der Waals surface area contributed by atoms with Crippen LogP contribution >= 0.6 is 11.6 Å². The maximum absolute atomic E-state index is 15.0. The predicted molar refractivity (Wildman–Crippen MR) is 113 cm³/mol. The number of aromatic nitrogens is 5. The minimum absolute atomic E-state index is 0.0388. The van der Waals surface area contributed by atoms with E-state index in [-0.39, 0.29) is 29.5 Å². The van der Waals surface area contributed by atoms with Crippen LogP contribution < -0.4 is 5.32 Å². The molecule has 0 unspecified atom stereocenters. The quantitative estimate of drug-likeness (QED) is 0.446. The van der Waals surface area contributed by atoms with Crippen LogP contribution in [0.3, 0.4) is 0 Å². The summed E-state index contributed by atoms with van der Waals surface area (Å²) in [5, 5.41) is 6.13. The average molecular weight is 463 g/mol. The van der Waals surface area contributed by atoms with Gasteiger partial charge in [0.05, 0.1) is 16.1 Å². The van der Waals surface area contributed by atoms with Crippen molar-refractivity contribution in [3.05, 3.63) is 64.5 Å². The van der Waals surface area contributed by atoms with Crippen LogP contribution in [0.4, 0.5) is 13.2 Å². The minimum atomic E-state index is -3.96. The summed E-state index contributed by atoms with van der Waals surface area (Å²) in [6.45, 7) is 3.31. The lowest BCUT2D eigenvalue weighted by Crippen LogP contribution is -2.39. The highest BCUT2D eigenvalue weighted by Crippen LogP contribution is 2.30. The molecule has 0 bridgehead atoms. The van der Waals surface area contributed by atoms with E-state index in [0.29, 0.717) is 5.56 Å². The van der Waals surface area contributed by atoms with Crippen molar-refractivity contribution in [3.8, 4) is 11.4 Å². The second-order valence-electron chi connectivity index (χ2n) is 7.13. The van der Waals surface area contributed by atoms with Gasteiger partial charge in [-0.3, -0.25) is 4.79 Å². The standard InChI is InChI=1S/C21H18ClF3N6O/c1-3-31-19(29-18(30-31)13-5-6-14(22)15(23)9-13)21(24,25)20(32)26-10-12-4-7-16-17(8-12)28-11(2)27-16/h4-9H,3,10H2,1-2H3,(H,26,32)(H,27,28). The summed E-state index contributed by atoms with van der Waals surface area (Å²) < 4.78 is 44.6. The van der Waals surface area contributed by atoms with E-state index in [4.69, 9.17) is 11.6 Å². The number of nitrogens with zero attached hydrogens (tertiary/aromatic N) is 4. The first-order valence-corrected chi connectivity index (χ1v) is 10.1. The van der Waals surface area contributed by atoms with Crippen molar-refractivity contribution in [2.45, 2.75) is 32.9 Å². The molecule has 0 radical (unpaired) electrons. The van der Waals surface area contributed by atoms with E-state index in [2.05, 4.69) is 25.4 Å². The van der Waals surface area contributed by atoms with Gasteiger partial charge in [-0.2, -0.15) is 13.9 Å². The van der Waals surface area contributed by atoms with Crippen LogP contribution in [0.15, 0.2) is 36.4 Å². The number of carbonyl (C=O) groups excluding carboxylic acids is 1. The lowest BCUT2D eigenvalue weighted by atomic mass is 10.2. The predicted octanol–water partition coefficient (Wildman–Crippen LogP) is 4.35. The topological polar surface area (TPSA) is 88.5 Å². The molecular formula is C21H18ClF3N6O. The van der Waals surface area contributed by atoms with Crippen molar-refractivity contribution in [1.82, 2.24) is 30.0 Å². The summed E-state index contributed by atoms with van der Waals surface area (Å²) >= 11 is 5.67. The van der Waals surface area contributed by atoms with Gasteiger partial charge in [-0.25, -0.2) is 19.0 Å². The molecule has 2 aromatic heterocycles. The molecule has 7 nitrogen and oxygen atoms in total. The molecule has 2 N–H and O–H groups in total. The Balaban J connectivity index is 1.56. The van der Waals surface area contributed by atoms with E-state index in [1.807, 2.05) is 0 Å². The number of H-pyrrole nitrogens is 1. The Morgan fingerprint density at radius 2 is 2.00 bits per heavy atom. The number of halogens is 4. The zero-order valence-corrected chi connectivity index (χ0v) is 17.8. The molecule has 0 atom stereocenters. The fourth-order valence-corrected chi connectivity index (χ4v) is 3.36. The molecule has 166 valence electrons. The highest BCUT2D eigenvalue weighted by atomic mass is 35.5. The normalized spacial score (nSPS) is 11.8. The fraction of sp³-hybridized carbons (Fsp3) is 0.238. The number of aromatic amines is 1. The molecule has 0 saturated carbocycles. The lowest BCUT2D eigenvalue weighted by molar-refractivity contribution is -0.148. The van der Waals surface area contributed by atoms with Gasteiger partial charge in [-0.05, 0) is 49.7 Å². The Morgan fingerprint density at radius 3 is 2.72 bits per heavy atom. The van der Waals surface area contributed by atoms with Crippen molar-refractivity contribution in [2.24, 2.45) is 0 Å². The van der Waals surface area contributed by atoms with Crippen molar-refractivity contribution < 1.29 is 18.0 Å². The molecule has 0 spiro atoms. The van der Waals surface area contributed by atoms with Gasteiger partial charge in [0, 0.05) is 18.7 Å². The number of fused-ring (bicyclic) bond motifs is 1. The minimum Gasteiger partial charge on any atom is -0.346 e. The molecule has 11 heteroatoms. The van der Waals surface area contributed by atoms with Crippen molar-refractivity contribution >= 4 is 28.5 Å². The van der Waals surface area contributed by atoms with Crippen LogP contribution in [0.2, 0.25) is 5.02 Å². The zero-order valence-electron chi connectivity index (χ0n) is 17.1. The SMILES string of the molecule is CCn1nc(-c2ccc(Cl)c(F)c2)nc1C(F)(F)C(=O)NCc1ccc2nc(C)[nH]c2c1. The van der Waals surface area contributed by atoms with Gasteiger partial charge in [0.25, 0.3) is 5.91 Å². The molecule has 4 rings (SSSR count). The third-order valence-electron chi connectivity index (χ3n) is 4.83. The number of aryl methyl sites for hydroxylation is 2. The van der Waals surface area contributed by atoms with Crippen LogP contribution in [-0.2, 0) is 23.8 Å². The maximum atomic E-state index is 15.0. The Kier molecular flexibility index (Phi) is 5.64. The first kappa shape index (κ1) is 21.8. The van der Waals surface area contributed by atoms with Gasteiger partial charge in [0.1, 0.15) is 11.6 Å². The van der Waals surface area contributed by atoms with E-state index in [9.17, 15) is 18.0 Å². The molecule has 0 aliphatic heterocycles. The number of carbonyl (C=O) groups is 1. The number of hydrogen-bond acceptors (Lipinski definition) is 4. The maximum Gasteiger partial charge on any atom is 0.382 e. The molecule has 2 heterocycles. The summed E-state index contributed by atoms with van der Waals surface area (Å²) in [5.41, 5.74) is 2.27. The second kappa shape index (κ2) is 8.27. The third-order valence-corrected chi connectivity index (χ3v) is 5.14. The van der Waals surface area contributed by atoms with E-state index in [1.54, 1.807) is 32.0 Å². The lowest BCUT2D eigenvalue weighted by Gasteiger charge is -2.15. The summed E-state index contributed by atoms with van der Waals surface area (Å²) in [6, 6.07) is 8.91. The van der Waals surface area contributed by atoms with Crippen molar-refractivity contribution in [2.75, 3.05) is 0 Å². The number of imidazole rings is 1. The first-order valence-electron chi connectivity index (χ1n) is 9.71. The molecule has 0 fully saturated rings. The van der Waals surface area contributed by atoms with Gasteiger partial charge in [0.15, 0.2) is 5.82 Å². The van der Waals surface area contributed by atoms with Crippen LogP contribution in [0.25, 0.3) is 22.4 Å². The van der Waals surface area contributed by atoms with Gasteiger partial charge < -0.3 is 10.3 Å². The van der Waals surface area contributed by atoms with Gasteiger partial charge in [0.2, 0.25) is 5.82 Å². The highest BCUT2D eigenvalue weighted by molar-refractivity contribution is 6.30. The van der Waals surface area contributed by atoms with Gasteiger partial charge >= 0.3 is 5.92 Å². The Morgan fingerprint density at radius 1 is 1.22 bits per heavy atom. The number of nitrogens with one attached hydrogen (secondary N) is 2. The average Bonchev–Trinajstić information content (AvgIpc) is 3.36. The Hall–Kier alpha value is -3.40. The van der Waals surface area contributed by atoms with Gasteiger partial charge in [-0.15, -0.1) is 0 Å². The Bertz CT molecular complexity index is 1320. The molecule has 0 saturated heterocycles. The molecule has 0 aliphatic carbocycles. The summed E-state index contributed by atoms with van der Waals surface area (Å²) in [7, 11) is 0. The highest BCUT2D eigenvalue weighted by Gasteiger charge is 2.46. The van der Waals surface area contributed by atoms with Crippen molar-refractivity contribution in [1.29, 1.82) is 0 Å². The smallest absolute Gasteiger partial charge is 0.346 e. The van der Waals surface area contributed by atoms with Crippen molar-refractivity contribution in [3.63, 3.8) is 0 Å². The molecule has 1 amide bonds. The molecule has 32 heavy (non-hydrogen) atoms. The fourth-order valence-electron chi connectivity index (χ4n) is 3.24. The van der Waals surface area contributed by atoms with Crippen LogP contribution in [0.1, 0.15) is 24.1 Å². The number of amides is 1. The number of hydrogen-bond donors (Lipinski definition) is 2. The number of alkyl halides is 2. The van der Waals surface area contributed by atoms with E-state index >= 15 is 0 Å². The number of benzene rings is 2. The van der Waals surface area contributed by atoms with E-state index < -0.39 is 23.5 Å². The Labute approximate surface area is 185 Å². The number of rotatable bonds is 6. The largest absolute Gasteiger partial charge is 0.382 e.